The molecule has 2 aliphatic heterocycles. The fraction of sp³-hybridized carbons (Fsp3) is 0.789. The lowest BCUT2D eigenvalue weighted by Crippen LogP contribution is -2.38. The first-order chi connectivity index (χ1) is 14.4. The molecule has 0 bridgehead atoms. The maximum absolute atomic E-state index is 11.7. The molecule has 1 unspecified atom stereocenters. The normalized spacial score (nSPS) is 18.8. The second kappa shape index (κ2) is 17.7. The first-order valence-corrected chi connectivity index (χ1v) is 11.6. The molecule has 2 rings (SSSR count). The fourth-order valence-electron chi connectivity index (χ4n) is 2.36. The van der Waals surface area contributed by atoms with Crippen molar-refractivity contribution in [2.75, 3.05) is 58.6 Å². The van der Waals surface area contributed by atoms with Gasteiger partial charge >= 0.3 is 5.97 Å². The first-order valence-electron chi connectivity index (χ1n) is 9.28. The van der Waals surface area contributed by atoms with Crippen molar-refractivity contribution < 1.29 is 42.9 Å². The van der Waals surface area contributed by atoms with Crippen molar-refractivity contribution in [1.82, 2.24) is 0 Å². The zero-order valence-electron chi connectivity index (χ0n) is 18.2. The molecule has 30 heavy (non-hydrogen) atoms. The summed E-state index contributed by atoms with van der Waals surface area (Å²) < 4.78 is 23.1. The topological polar surface area (TPSA) is 114 Å². The van der Waals surface area contributed by atoms with E-state index in [1.807, 2.05) is 11.8 Å². The maximum Gasteiger partial charge on any atom is 0.363 e. The van der Waals surface area contributed by atoms with Crippen LogP contribution in [-0.2, 0) is 42.9 Å². The summed E-state index contributed by atoms with van der Waals surface area (Å²) in [6, 6.07) is 0. The van der Waals surface area contributed by atoms with E-state index in [0.29, 0.717) is 18.0 Å². The van der Waals surface area contributed by atoms with Crippen LogP contribution in [0.2, 0.25) is 0 Å². The third-order valence-electron chi connectivity index (χ3n) is 4.04. The largest absolute Gasteiger partial charge is 0.465 e. The van der Waals surface area contributed by atoms with Gasteiger partial charge in [-0.1, -0.05) is 0 Å². The van der Waals surface area contributed by atoms with Crippen LogP contribution < -0.4 is 0 Å². The minimum absolute atomic E-state index is 0.00727. The summed E-state index contributed by atoms with van der Waals surface area (Å²) in [5.41, 5.74) is 0. The molecule has 9 nitrogen and oxygen atoms in total. The van der Waals surface area contributed by atoms with Crippen molar-refractivity contribution in [3.63, 3.8) is 0 Å². The van der Waals surface area contributed by atoms with Crippen LogP contribution in [0.25, 0.3) is 0 Å². The first kappa shape index (κ1) is 29.0. The molecule has 11 heteroatoms. The summed E-state index contributed by atoms with van der Waals surface area (Å²) in [5.74, 6) is 2.60. The zero-order chi connectivity index (χ0) is 22.9. The van der Waals surface area contributed by atoms with E-state index in [4.69, 9.17) is 9.47 Å². The predicted octanol–water partition coefficient (Wildman–Crippen LogP) is 1.36. The van der Waals surface area contributed by atoms with Crippen molar-refractivity contribution >= 4 is 46.8 Å². The number of methoxy groups -OCH3 is 5. The lowest BCUT2D eigenvalue weighted by molar-refractivity contribution is -0.180. The van der Waals surface area contributed by atoms with E-state index in [1.165, 1.54) is 35.5 Å². The number of carbonyl (C=O) groups is 4. The number of ketones is 3. The second-order valence-electron chi connectivity index (χ2n) is 6.03. The molecule has 2 aliphatic rings. The van der Waals surface area contributed by atoms with Gasteiger partial charge in [0.15, 0.2) is 5.78 Å². The monoisotopic (exact) mass is 468 g/mol. The number of esters is 1. The SMILES string of the molecule is COC(=O)C(OC)OC.COC(OC)C(=O)C1CSCCC1=O.O=C1CCSCC1. The zero-order valence-corrected chi connectivity index (χ0v) is 19.8. The van der Waals surface area contributed by atoms with Gasteiger partial charge in [-0.2, -0.15) is 23.5 Å². The van der Waals surface area contributed by atoms with E-state index in [9.17, 15) is 19.2 Å². The number of hydrogen-bond acceptors (Lipinski definition) is 11. The Morgan fingerprint density at radius 3 is 1.63 bits per heavy atom. The van der Waals surface area contributed by atoms with Crippen LogP contribution in [0, 0.1) is 5.92 Å². The minimum Gasteiger partial charge on any atom is -0.465 e. The van der Waals surface area contributed by atoms with Gasteiger partial charge in [0, 0.05) is 70.7 Å². The van der Waals surface area contributed by atoms with E-state index in [1.54, 1.807) is 11.8 Å². The van der Waals surface area contributed by atoms with Gasteiger partial charge in [-0.15, -0.1) is 0 Å². The summed E-state index contributed by atoms with van der Waals surface area (Å²) >= 11 is 3.50. The molecule has 0 N–H and O–H groups in total. The predicted molar refractivity (Wildman–Crippen MR) is 115 cm³/mol. The number of carbonyl (C=O) groups excluding carboxylic acids is 4. The fourth-order valence-corrected chi connectivity index (χ4v) is 4.40. The van der Waals surface area contributed by atoms with Gasteiger partial charge in [0.05, 0.1) is 13.0 Å². The Balaban J connectivity index is 0.000000452. The summed E-state index contributed by atoms with van der Waals surface area (Å²) in [6.07, 6.45) is 0.300. The average Bonchev–Trinajstić information content (AvgIpc) is 2.77. The van der Waals surface area contributed by atoms with Gasteiger partial charge in [0.25, 0.3) is 6.29 Å². The molecule has 0 radical (unpaired) electrons. The summed E-state index contributed by atoms with van der Waals surface area (Å²) in [4.78, 5) is 44.1. The molecule has 0 spiro atoms. The molecule has 0 aromatic heterocycles. The van der Waals surface area contributed by atoms with Gasteiger partial charge in [-0.3, -0.25) is 14.4 Å². The molecule has 0 aromatic carbocycles. The second-order valence-corrected chi connectivity index (χ2v) is 8.40. The Labute approximate surface area is 186 Å². The van der Waals surface area contributed by atoms with Crippen LogP contribution >= 0.6 is 23.5 Å². The van der Waals surface area contributed by atoms with E-state index in [-0.39, 0.29) is 11.6 Å². The van der Waals surface area contributed by atoms with E-state index >= 15 is 0 Å². The Bertz CT molecular complexity index is 526. The van der Waals surface area contributed by atoms with Gasteiger partial charge in [0.1, 0.15) is 11.6 Å². The molecular weight excluding hydrogens is 436 g/mol. The molecule has 2 fully saturated rings. The number of Topliss-reactive ketones (excluding diaryl/α,β-unsaturated/α-hetero) is 3. The average molecular weight is 469 g/mol. The van der Waals surface area contributed by atoms with Crippen molar-refractivity contribution in [2.24, 2.45) is 5.92 Å². The van der Waals surface area contributed by atoms with E-state index in [0.717, 1.165) is 30.1 Å². The van der Waals surface area contributed by atoms with Crippen LogP contribution in [0.3, 0.4) is 0 Å². The maximum atomic E-state index is 11.7. The van der Waals surface area contributed by atoms with Crippen LogP contribution in [0.15, 0.2) is 0 Å². The molecule has 1 atom stereocenters. The van der Waals surface area contributed by atoms with Gasteiger partial charge in [-0.25, -0.2) is 4.79 Å². The molecule has 0 aromatic rings. The molecule has 0 saturated carbocycles. The van der Waals surface area contributed by atoms with Crippen LogP contribution in [0.1, 0.15) is 19.3 Å². The molecule has 0 aliphatic carbocycles. The van der Waals surface area contributed by atoms with Crippen molar-refractivity contribution in [2.45, 2.75) is 31.8 Å². The Morgan fingerprint density at radius 1 is 0.800 bits per heavy atom. The van der Waals surface area contributed by atoms with Gasteiger partial charge < -0.3 is 23.7 Å². The third-order valence-corrected chi connectivity index (χ3v) is 6.09. The quantitative estimate of drug-likeness (QED) is 0.306. The Morgan fingerprint density at radius 2 is 1.30 bits per heavy atom. The standard InChI is InChI=1S/C9H14O4S.C5H10O4.C5H8OS/c1-12-9(13-2)8(11)6-5-14-4-3-7(6)10;1-7-4(6)5(8-2)9-3;6-5-1-3-7-4-2-5/h6,9H,3-5H2,1-2H3;5H,1-3H3;1-4H2. The Hall–Kier alpha value is -0.980. The lowest BCUT2D eigenvalue weighted by Gasteiger charge is -2.22. The van der Waals surface area contributed by atoms with Crippen LogP contribution in [0.4, 0.5) is 0 Å². The lowest BCUT2D eigenvalue weighted by atomic mass is 9.98. The number of ether oxygens (including phenoxy) is 5. The van der Waals surface area contributed by atoms with Crippen molar-refractivity contribution in [3.05, 3.63) is 0 Å². The minimum atomic E-state index is -0.900. The number of thioether (sulfide) groups is 2. The highest BCUT2D eigenvalue weighted by molar-refractivity contribution is 7.99. The molecule has 0 amide bonds. The number of rotatable bonds is 7. The van der Waals surface area contributed by atoms with Crippen molar-refractivity contribution in [1.29, 1.82) is 0 Å². The van der Waals surface area contributed by atoms with E-state index in [2.05, 4.69) is 14.2 Å². The van der Waals surface area contributed by atoms with Crippen LogP contribution in [0.5, 0.6) is 0 Å². The van der Waals surface area contributed by atoms with Crippen LogP contribution in [-0.4, -0.2) is 94.5 Å². The van der Waals surface area contributed by atoms with Crippen molar-refractivity contribution in [3.8, 4) is 0 Å². The Kier molecular flexibility index (Phi) is 17.1. The smallest absolute Gasteiger partial charge is 0.363 e. The summed E-state index contributed by atoms with van der Waals surface area (Å²) in [6.45, 7) is 0. The van der Waals surface area contributed by atoms with Gasteiger partial charge in [0.2, 0.25) is 6.29 Å². The molecular formula is C19H32O9S2. The van der Waals surface area contributed by atoms with E-state index < -0.39 is 24.5 Å². The summed E-state index contributed by atoms with van der Waals surface area (Å²) in [7, 11) is 6.79. The highest BCUT2D eigenvalue weighted by Gasteiger charge is 2.34. The molecule has 2 saturated heterocycles. The van der Waals surface area contributed by atoms with Gasteiger partial charge in [-0.05, 0) is 0 Å². The summed E-state index contributed by atoms with van der Waals surface area (Å²) in [5, 5.41) is 0. The molecule has 2 heterocycles. The highest BCUT2D eigenvalue weighted by Crippen LogP contribution is 2.22. The highest BCUT2D eigenvalue weighted by atomic mass is 32.2. The molecule has 174 valence electrons. The number of hydrogen-bond donors (Lipinski definition) is 0. The third kappa shape index (κ3) is 11.4.